The molecule has 0 amide bonds. The molecule has 0 aromatic rings. The van der Waals surface area contributed by atoms with Gasteiger partial charge in [-0.25, -0.2) is 17.6 Å². The standard InChI is InChI=1S/C12H11F16N/c1-29-4(2-7(17,18)11(25,26)9(21,22)5(13)14)3-8(19,20)12(27,28)10(23,24)6(15)16/h4-6,29H,2-3H2,1H3. The molecule has 1 N–H and O–H groups in total. The van der Waals surface area contributed by atoms with Crippen molar-refractivity contribution in [3.63, 3.8) is 0 Å². The first-order chi connectivity index (χ1) is 12.5. The Morgan fingerprint density at radius 3 is 0.966 bits per heavy atom. The third-order valence-electron chi connectivity index (χ3n) is 3.72. The van der Waals surface area contributed by atoms with Crippen LogP contribution >= 0.6 is 0 Å². The van der Waals surface area contributed by atoms with Crippen molar-refractivity contribution in [3.05, 3.63) is 0 Å². The predicted octanol–water partition coefficient (Wildman–Crippen LogP) is 5.70. The Balaban J connectivity index is 5.80. The van der Waals surface area contributed by atoms with Gasteiger partial charge in [0.1, 0.15) is 0 Å². The summed E-state index contributed by atoms with van der Waals surface area (Å²) in [6.45, 7) is 0. The van der Waals surface area contributed by atoms with Crippen molar-refractivity contribution in [1.29, 1.82) is 0 Å². The topological polar surface area (TPSA) is 12.0 Å². The van der Waals surface area contributed by atoms with Crippen molar-refractivity contribution < 1.29 is 70.2 Å². The smallest absolute Gasteiger partial charge is 0.317 e. The zero-order chi connectivity index (χ0) is 23.9. The van der Waals surface area contributed by atoms with Gasteiger partial charge in [-0.2, -0.15) is 52.7 Å². The molecule has 0 fully saturated rings. The summed E-state index contributed by atoms with van der Waals surface area (Å²) in [5.41, 5.74) is 0. The molecule has 0 aliphatic heterocycles. The highest BCUT2D eigenvalue weighted by Gasteiger charge is 2.77. The van der Waals surface area contributed by atoms with E-state index in [-0.39, 0.29) is 0 Å². The van der Waals surface area contributed by atoms with E-state index >= 15 is 0 Å². The van der Waals surface area contributed by atoms with Crippen molar-refractivity contribution >= 4 is 0 Å². The maximum Gasteiger partial charge on any atom is 0.377 e. The van der Waals surface area contributed by atoms with Crippen LogP contribution in [0.15, 0.2) is 0 Å². The zero-order valence-electron chi connectivity index (χ0n) is 13.7. The van der Waals surface area contributed by atoms with Gasteiger partial charge in [0.2, 0.25) is 0 Å². The van der Waals surface area contributed by atoms with Crippen molar-refractivity contribution in [2.45, 2.75) is 67.3 Å². The highest BCUT2D eigenvalue weighted by Crippen LogP contribution is 2.53. The Kier molecular flexibility index (Phi) is 7.84. The average Bonchev–Trinajstić information content (AvgIpc) is 2.52. The van der Waals surface area contributed by atoms with Crippen LogP contribution in [0.1, 0.15) is 12.8 Å². The third-order valence-corrected chi connectivity index (χ3v) is 3.72. The SMILES string of the molecule is CNC(CC(F)(F)C(F)(F)C(F)(F)C(F)F)CC(F)(F)C(F)(F)C(F)(F)C(F)F. The first-order valence-electron chi connectivity index (χ1n) is 7.03. The molecule has 0 aromatic carbocycles. The highest BCUT2D eigenvalue weighted by atomic mass is 19.4. The van der Waals surface area contributed by atoms with E-state index in [4.69, 9.17) is 0 Å². The fourth-order valence-electron chi connectivity index (χ4n) is 1.91. The Morgan fingerprint density at radius 1 is 0.552 bits per heavy atom. The van der Waals surface area contributed by atoms with Gasteiger partial charge in [-0.3, -0.25) is 0 Å². The molecule has 0 atom stereocenters. The van der Waals surface area contributed by atoms with Gasteiger partial charge in [0.25, 0.3) is 0 Å². The quantitative estimate of drug-likeness (QED) is 0.380. The predicted molar refractivity (Wildman–Crippen MR) is 63.8 cm³/mol. The van der Waals surface area contributed by atoms with E-state index in [1.54, 1.807) is 0 Å². The Morgan fingerprint density at radius 2 is 0.793 bits per heavy atom. The molecule has 0 rings (SSSR count). The Bertz CT molecular complexity index is 496. The fraction of sp³-hybridized carbons (Fsp3) is 1.00. The molecule has 0 heterocycles. The summed E-state index contributed by atoms with van der Waals surface area (Å²) >= 11 is 0. The second kappa shape index (κ2) is 8.17. The molecular formula is C12H11F16N. The molecule has 0 saturated carbocycles. The van der Waals surface area contributed by atoms with Crippen LogP contribution in [-0.4, -0.2) is 61.5 Å². The molecule has 0 bridgehead atoms. The molecule has 0 aliphatic carbocycles. The van der Waals surface area contributed by atoms with Gasteiger partial charge in [0, 0.05) is 18.9 Å². The molecular weight excluding hydrogens is 462 g/mol. The lowest BCUT2D eigenvalue weighted by Gasteiger charge is -2.37. The van der Waals surface area contributed by atoms with Crippen LogP contribution in [0.5, 0.6) is 0 Å². The van der Waals surface area contributed by atoms with E-state index in [0.717, 1.165) is 0 Å². The van der Waals surface area contributed by atoms with E-state index in [1.165, 1.54) is 5.32 Å². The van der Waals surface area contributed by atoms with Crippen molar-refractivity contribution in [2.24, 2.45) is 0 Å². The normalized spacial score (nSPS) is 15.7. The first-order valence-corrected chi connectivity index (χ1v) is 7.03. The van der Waals surface area contributed by atoms with Gasteiger partial charge in [-0.1, -0.05) is 0 Å². The molecule has 0 radical (unpaired) electrons. The minimum absolute atomic E-state index is 0.337. The maximum atomic E-state index is 13.4. The van der Waals surface area contributed by atoms with Crippen LogP contribution in [0.3, 0.4) is 0 Å². The van der Waals surface area contributed by atoms with Crippen molar-refractivity contribution in [3.8, 4) is 0 Å². The van der Waals surface area contributed by atoms with Crippen LogP contribution in [0.4, 0.5) is 70.2 Å². The van der Waals surface area contributed by atoms with Crippen molar-refractivity contribution in [1.82, 2.24) is 5.32 Å². The zero-order valence-corrected chi connectivity index (χ0v) is 13.7. The molecule has 1 nitrogen and oxygen atoms in total. The molecule has 17 heteroatoms. The molecule has 0 aliphatic rings. The van der Waals surface area contributed by atoms with Crippen molar-refractivity contribution in [2.75, 3.05) is 7.05 Å². The van der Waals surface area contributed by atoms with Gasteiger partial charge < -0.3 is 5.32 Å². The molecule has 0 spiro atoms. The molecule has 0 unspecified atom stereocenters. The first kappa shape index (κ1) is 27.8. The van der Waals surface area contributed by atoms with E-state index in [1.807, 2.05) is 0 Å². The largest absolute Gasteiger partial charge is 0.377 e. The third kappa shape index (κ3) is 4.78. The average molecular weight is 473 g/mol. The summed E-state index contributed by atoms with van der Waals surface area (Å²) in [5.74, 6) is -39.6. The maximum absolute atomic E-state index is 13.4. The number of alkyl halides is 16. The minimum Gasteiger partial charge on any atom is -0.317 e. The molecule has 176 valence electrons. The van der Waals surface area contributed by atoms with E-state index in [9.17, 15) is 70.2 Å². The lowest BCUT2D eigenvalue weighted by Crippen LogP contribution is -2.61. The van der Waals surface area contributed by atoms with E-state index < -0.39 is 67.3 Å². The van der Waals surface area contributed by atoms with Gasteiger partial charge >= 0.3 is 48.4 Å². The van der Waals surface area contributed by atoms with E-state index in [2.05, 4.69) is 0 Å². The highest BCUT2D eigenvalue weighted by molar-refractivity contribution is 5.03. The van der Waals surface area contributed by atoms with Gasteiger partial charge in [-0.05, 0) is 7.05 Å². The van der Waals surface area contributed by atoms with Gasteiger partial charge in [0.05, 0.1) is 0 Å². The van der Waals surface area contributed by atoms with Crippen LogP contribution in [0.25, 0.3) is 0 Å². The summed E-state index contributed by atoms with van der Waals surface area (Å²) in [6.07, 6.45) is -16.6. The lowest BCUT2D eigenvalue weighted by molar-refractivity contribution is -0.347. The number of rotatable bonds is 11. The summed E-state index contributed by atoms with van der Waals surface area (Å²) in [5, 5.41) is 1.23. The number of nitrogens with one attached hydrogen (secondary N) is 1. The molecule has 0 aromatic heterocycles. The number of halogens is 16. The fourth-order valence-corrected chi connectivity index (χ4v) is 1.91. The monoisotopic (exact) mass is 473 g/mol. The van der Waals surface area contributed by atoms with Crippen LogP contribution in [-0.2, 0) is 0 Å². The Labute approximate surface area is 151 Å². The second-order valence-corrected chi connectivity index (χ2v) is 5.80. The van der Waals surface area contributed by atoms with Gasteiger partial charge in [-0.15, -0.1) is 0 Å². The van der Waals surface area contributed by atoms with Crippen LogP contribution in [0.2, 0.25) is 0 Å². The second-order valence-electron chi connectivity index (χ2n) is 5.80. The van der Waals surface area contributed by atoms with E-state index in [0.29, 0.717) is 7.05 Å². The minimum atomic E-state index is -6.88. The van der Waals surface area contributed by atoms with Gasteiger partial charge in [0.15, 0.2) is 0 Å². The lowest BCUT2D eigenvalue weighted by atomic mass is 9.91. The Hall–Kier alpha value is -1.16. The number of hydrogen-bond acceptors (Lipinski definition) is 1. The molecule has 0 saturated heterocycles. The summed E-state index contributed by atoms with van der Waals surface area (Å²) in [4.78, 5) is 0. The molecule has 29 heavy (non-hydrogen) atoms. The summed E-state index contributed by atoms with van der Waals surface area (Å²) < 4.78 is 205. The summed E-state index contributed by atoms with van der Waals surface area (Å²) in [6, 6.07) is -3.10. The van der Waals surface area contributed by atoms with Crippen LogP contribution in [0, 0.1) is 0 Å². The summed E-state index contributed by atoms with van der Waals surface area (Å²) in [7, 11) is 0.337. The number of hydrogen-bond donors (Lipinski definition) is 1. The van der Waals surface area contributed by atoms with Crippen LogP contribution < -0.4 is 5.32 Å².